The van der Waals surface area contributed by atoms with Crippen LogP contribution in [-0.4, -0.2) is 61.7 Å². The Hall–Kier alpha value is -1.44. The lowest BCUT2D eigenvalue weighted by Crippen LogP contribution is -2.46. The van der Waals surface area contributed by atoms with Crippen molar-refractivity contribution in [3.8, 4) is 0 Å². The van der Waals surface area contributed by atoms with Gasteiger partial charge >= 0.3 is 0 Å². The second-order valence-corrected chi connectivity index (χ2v) is 4.84. The second-order valence-electron chi connectivity index (χ2n) is 4.84. The molecule has 0 unspecified atom stereocenters. The van der Waals surface area contributed by atoms with Crippen LogP contribution in [0.4, 0.5) is 0 Å². The fourth-order valence-corrected chi connectivity index (χ4v) is 1.86. The SMILES string of the molecule is CCc1cccc(C=C(O)[C@H](O)[C@@H](O)[C@H](O)[C@H](O)CO)c1. The van der Waals surface area contributed by atoms with E-state index in [0.29, 0.717) is 5.56 Å². The molecule has 1 rings (SSSR count). The quantitative estimate of drug-likeness (QED) is 0.380. The lowest BCUT2D eigenvalue weighted by molar-refractivity contribution is -0.112. The van der Waals surface area contributed by atoms with Crippen molar-refractivity contribution in [1.29, 1.82) is 0 Å². The fraction of sp³-hybridized carbons (Fsp3) is 0.467. The predicted octanol–water partition coefficient (Wildman–Crippen LogP) is -0.416. The summed E-state index contributed by atoms with van der Waals surface area (Å²) in [5, 5.41) is 56.6. The Labute approximate surface area is 123 Å². The molecule has 6 nitrogen and oxygen atoms in total. The molecule has 1 aromatic rings. The third kappa shape index (κ3) is 4.80. The third-order valence-corrected chi connectivity index (χ3v) is 3.23. The molecule has 0 radical (unpaired) electrons. The fourth-order valence-electron chi connectivity index (χ4n) is 1.86. The minimum Gasteiger partial charge on any atom is -0.509 e. The summed E-state index contributed by atoms with van der Waals surface area (Å²) < 4.78 is 0. The number of aryl methyl sites for hydroxylation is 1. The minimum absolute atomic E-state index is 0.542. The van der Waals surface area contributed by atoms with Crippen LogP contribution in [0.25, 0.3) is 6.08 Å². The summed E-state index contributed by atoms with van der Waals surface area (Å²) >= 11 is 0. The van der Waals surface area contributed by atoms with Gasteiger partial charge in [-0.05, 0) is 23.6 Å². The van der Waals surface area contributed by atoms with Gasteiger partial charge < -0.3 is 30.6 Å². The van der Waals surface area contributed by atoms with Crippen molar-refractivity contribution >= 4 is 6.08 Å². The van der Waals surface area contributed by atoms with Crippen LogP contribution in [0.5, 0.6) is 0 Å². The molecule has 6 heteroatoms. The molecule has 118 valence electrons. The lowest BCUT2D eigenvalue weighted by Gasteiger charge is -2.25. The van der Waals surface area contributed by atoms with E-state index in [1.807, 2.05) is 19.1 Å². The molecular formula is C15H22O6. The Morgan fingerprint density at radius 2 is 1.81 bits per heavy atom. The van der Waals surface area contributed by atoms with Crippen molar-refractivity contribution in [2.45, 2.75) is 37.8 Å². The smallest absolute Gasteiger partial charge is 0.139 e. The van der Waals surface area contributed by atoms with Crippen LogP contribution in [-0.2, 0) is 6.42 Å². The van der Waals surface area contributed by atoms with Gasteiger partial charge in [-0.15, -0.1) is 0 Å². The molecule has 0 spiro atoms. The van der Waals surface area contributed by atoms with E-state index in [4.69, 9.17) is 5.11 Å². The topological polar surface area (TPSA) is 121 Å². The van der Waals surface area contributed by atoms with Crippen LogP contribution in [0.3, 0.4) is 0 Å². The van der Waals surface area contributed by atoms with Crippen LogP contribution in [0.1, 0.15) is 18.1 Å². The molecule has 0 aliphatic carbocycles. The van der Waals surface area contributed by atoms with Gasteiger partial charge in [-0.25, -0.2) is 0 Å². The lowest BCUT2D eigenvalue weighted by atomic mass is 10.0. The molecular weight excluding hydrogens is 276 g/mol. The first-order valence-electron chi connectivity index (χ1n) is 6.73. The molecule has 0 saturated heterocycles. The maximum Gasteiger partial charge on any atom is 0.139 e. The molecule has 0 saturated carbocycles. The van der Waals surface area contributed by atoms with Gasteiger partial charge in [-0.1, -0.05) is 31.2 Å². The monoisotopic (exact) mass is 298 g/mol. The van der Waals surface area contributed by atoms with E-state index in [1.165, 1.54) is 6.08 Å². The van der Waals surface area contributed by atoms with Crippen LogP contribution in [0.15, 0.2) is 30.0 Å². The molecule has 1 aromatic carbocycles. The number of hydrogen-bond donors (Lipinski definition) is 6. The summed E-state index contributed by atoms with van der Waals surface area (Å²) in [4.78, 5) is 0. The number of hydrogen-bond acceptors (Lipinski definition) is 6. The summed E-state index contributed by atoms with van der Waals surface area (Å²) in [6, 6.07) is 7.24. The summed E-state index contributed by atoms with van der Waals surface area (Å²) in [5.41, 5.74) is 1.68. The molecule has 0 fully saturated rings. The summed E-state index contributed by atoms with van der Waals surface area (Å²) in [5.74, 6) is -0.542. The van der Waals surface area contributed by atoms with E-state index in [1.54, 1.807) is 12.1 Å². The van der Waals surface area contributed by atoms with E-state index in [0.717, 1.165) is 12.0 Å². The van der Waals surface area contributed by atoms with E-state index in [2.05, 4.69) is 0 Å². The van der Waals surface area contributed by atoms with Gasteiger partial charge in [0, 0.05) is 0 Å². The van der Waals surface area contributed by atoms with Gasteiger partial charge in [-0.3, -0.25) is 0 Å². The Morgan fingerprint density at radius 1 is 1.14 bits per heavy atom. The predicted molar refractivity (Wildman–Crippen MR) is 77.5 cm³/mol. The Kier molecular flexibility index (Phi) is 6.80. The first-order valence-corrected chi connectivity index (χ1v) is 6.73. The van der Waals surface area contributed by atoms with Crippen molar-refractivity contribution in [3.63, 3.8) is 0 Å². The van der Waals surface area contributed by atoms with Crippen molar-refractivity contribution in [3.05, 3.63) is 41.2 Å². The van der Waals surface area contributed by atoms with E-state index in [9.17, 15) is 25.5 Å². The largest absolute Gasteiger partial charge is 0.509 e. The zero-order chi connectivity index (χ0) is 16.0. The Morgan fingerprint density at radius 3 is 2.38 bits per heavy atom. The molecule has 0 aromatic heterocycles. The zero-order valence-corrected chi connectivity index (χ0v) is 11.8. The van der Waals surface area contributed by atoms with Crippen LogP contribution >= 0.6 is 0 Å². The molecule has 21 heavy (non-hydrogen) atoms. The maximum absolute atomic E-state index is 9.80. The van der Waals surface area contributed by atoms with Gasteiger partial charge in [0.2, 0.25) is 0 Å². The Balaban J connectivity index is 2.85. The normalized spacial score (nSPS) is 18.1. The molecule has 0 amide bonds. The standard InChI is InChI=1S/C15H22O6/c1-2-9-4-3-5-10(6-9)7-11(17)13(19)15(21)14(20)12(18)8-16/h3-7,12-21H,2,8H2,1H3/t12-,13+,14-,15-/m1/s1. The molecule has 0 aliphatic heterocycles. The van der Waals surface area contributed by atoms with E-state index < -0.39 is 36.8 Å². The van der Waals surface area contributed by atoms with Crippen molar-refractivity contribution in [2.75, 3.05) is 6.61 Å². The van der Waals surface area contributed by atoms with E-state index in [-0.39, 0.29) is 0 Å². The first kappa shape index (κ1) is 17.6. The zero-order valence-electron chi connectivity index (χ0n) is 11.8. The van der Waals surface area contributed by atoms with E-state index >= 15 is 0 Å². The average molecular weight is 298 g/mol. The van der Waals surface area contributed by atoms with Gasteiger partial charge in [0.25, 0.3) is 0 Å². The highest BCUT2D eigenvalue weighted by Crippen LogP contribution is 2.15. The van der Waals surface area contributed by atoms with Crippen LogP contribution < -0.4 is 0 Å². The summed E-state index contributed by atoms with van der Waals surface area (Å²) in [7, 11) is 0. The first-order chi connectivity index (χ1) is 9.90. The highest BCUT2D eigenvalue weighted by molar-refractivity contribution is 5.53. The number of rotatable bonds is 7. The average Bonchev–Trinajstić information content (AvgIpc) is 2.51. The van der Waals surface area contributed by atoms with Gasteiger partial charge in [0.05, 0.1) is 6.61 Å². The Bertz CT molecular complexity index is 473. The van der Waals surface area contributed by atoms with Crippen LogP contribution in [0.2, 0.25) is 0 Å². The number of benzene rings is 1. The minimum atomic E-state index is -1.82. The highest BCUT2D eigenvalue weighted by atomic mass is 16.4. The number of aliphatic hydroxyl groups excluding tert-OH is 6. The summed E-state index contributed by atoms with van der Waals surface area (Å²) in [6.45, 7) is 1.21. The molecule has 0 aliphatic rings. The summed E-state index contributed by atoms with van der Waals surface area (Å²) in [6.07, 6.45) is -4.89. The van der Waals surface area contributed by atoms with Crippen LogP contribution in [0, 0.1) is 0 Å². The molecule has 0 bridgehead atoms. The maximum atomic E-state index is 9.80. The van der Waals surface area contributed by atoms with Crippen molar-refractivity contribution < 1.29 is 30.6 Å². The van der Waals surface area contributed by atoms with Crippen molar-refractivity contribution in [1.82, 2.24) is 0 Å². The second kappa shape index (κ2) is 8.11. The van der Waals surface area contributed by atoms with Gasteiger partial charge in [0.15, 0.2) is 0 Å². The van der Waals surface area contributed by atoms with Gasteiger partial charge in [0.1, 0.15) is 30.2 Å². The van der Waals surface area contributed by atoms with Crippen molar-refractivity contribution in [2.24, 2.45) is 0 Å². The molecule has 4 atom stereocenters. The number of aliphatic hydroxyl groups is 6. The molecule has 6 N–H and O–H groups in total. The third-order valence-electron chi connectivity index (χ3n) is 3.23. The molecule has 0 heterocycles. The highest BCUT2D eigenvalue weighted by Gasteiger charge is 2.32. The van der Waals surface area contributed by atoms with Gasteiger partial charge in [-0.2, -0.15) is 0 Å².